The van der Waals surface area contributed by atoms with Crippen LogP contribution >= 0.6 is 0 Å². The van der Waals surface area contributed by atoms with Crippen molar-refractivity contribution in [2.75, 3.05) is 20.1 Å². The third-order valence-electron chi connectivity index (χ3n) is 8.82. The Morgan fingerprint density at radius 1 is 1.29 bits per heavy atom. The van der Waals surface area contributed by atoms with Gasteiger partial charge in [-0.05, 0) is 55.1 Å². The van der Waals surface area contributed by atoms with Crippen LogP contribution in [0.25, 0.3) is 0 Å². The van der Waals surface area contributed by atoms with E-state index in [1.807, 2.05) is 18.2 Å². The molecule has 6 rings (SSSR count). The zero-order valence-corrected chi connectivity index (χ0v) is 20.6. The van der Waals surface area contributed by atoms with E-state index in [4.69, 9.17) is 14.0 Å². The second-order valence-electron chi connectivity index (χ2n) is 11.2. The number of ether oxygens (including phenoxy) is 1. The van der Waals surface area contributed by atoms with Gasteiger partial charge in [-0.3, -0.25) is 4.79 Å². The highest BCUT2D eigenvalue weighted by Crippen LogP contribution is 2.64. The summed E-state index contributed by atoms with van der Waals surface area (Å²) in [4.78, 5) is 28.0. The third-order valence-corrected chi connectivity index (χ3v) is 8.82. The van der Waals surface area contributed by atoms with Crippen molar-refractivity contribution in [3.63, 3.8) is 0 Å². The summed E-state index contributed by atoms with van der Waals surface area (Å²) in [6.07, 6.45) is 3.35. The third kappa shape index (κ3) is 3.85. The minimum absolute atomic E-state index is 0.0327. The molecule has 2 amide bonds. The molecule has 3 saturated carbocycles. The fraction of sp³-hybridized carbons (Fsp3) is 0.615. The molecule has 5 atom stereocenters. The van der Waals surface area contributed by atoms with E-state index in [0.29, 0.717) is 31.3 Å². The molecule has 0 N–H and O–H groups in total. The van der Waals surface area contributed by atoms with Gasteiger partial charge in [-0.1, -0.05) is 50.8 Å². The second-order valence-corrected chi connectivity index (χ2v) is 11.2. The molecule has 3 aliphatic carbocycles. The largest absolute Gasteiger partial charge is 0.482 e. The number of rotatable bonds is 6. The molecule has 34 heavy (non-hydrogen) atoms. The Bertz CT molecular complexity index is 965. The number of benzene rings is 1. The number of nitrogens with zero attached hydrogens (tertiary/aromatic N) is 2. The molecule has 0 spiro atoms. The van der Waals surface area contributed by atoms with E-state index in [9.17, 15) is 9.59 Å². The summed E-state index contributed by atoms with van der Waals surface area (Å²) in [7, 11) is 1.23. The van der Waals surface area contributed by atoms with Gasteiger partial charge in [-0.2, -0.15) is 0 Å². The molecule has 5 aliphatic rings. The van der Waals surface area contributed by atoms with Crippen molar-refractivity contribution in [3.05, 3.63) is 48.6 Å². The average Bonchev–Trinajstić information content (AvgIpc) is 3.16. The van der Waals surface area contributed by atoms with Crippen molar-refractivity contribution in [2.24, 2.45) is 17.3 Å². The zero-order chi connectivity index (χ0) is 24.3. The Kier molecular flexibility index (Phi) is 5.80. The van der Waals surface area contributed by atoms with Crippen LogP contribution in [0.2, 0.25) is 0 Å². The predicted molar refractivity (Wildman–Crippen MR) is 129 cm³/mol. The summed E-state index contributed by atoms with van der Waals surface area (Å²) >= 11 is 0. The predicted octanol–water partition coefficient (Wildman–Crippen LogP) is 3.33. The Hall–Kier alpha value is -2.32. The first-order valence-corrected chi connectivity index (χ1v) is 12.3. The highest BCUT2D eigenvalue weighted by atomic mass is 16.7. The SMILES string of the molecule is C=CC(=O)N1CC(OC(=O)N(C)[C@@H](Cc2ccccc2)B2O[C@H]3[C@H]4C[C@@H](C[C@@]3(C)O2)C4(C)C)C1. The number of carbonyl (C=O) groups excluding carboxylic acids is 2. The molecule has 5 fully saturated rings. The molecule has 2 saturated heterocycles. The van der Waals surface area contributed by atoms with E-state index in [1.54, 1.807) is 16.8 Å². The fourth-order valence-corrected chi connectivity index (χ4v) is 6.36. The van der Waals surface area contributed by atoms with Gasteiger partial charge in [0.2, 0.25) is 5.91 Å². The molecule has 7 nitrogen and oxygen atoms in total. The maximum Gasteiger partial charge on any atom is 0.482 e. The van der Waals surface area contributed by atoms with Crippen molar-refractivity contribution in [1.29, 1.82) is 0 Å². The maximum absolute atomic E-state index is 13.1. The van der Waals surface area contributed by atoms with Crippen molar-refractivity contribution in [3.8, 4) is 0 Å². The van der Waals surface area contributed by atoms with Crippen molar-refractivity contribution in [1.82, 2.24) is 9.80 Å². The lowest BCUT2D eigenvalue weighted by Gasteiger charge is -2.63. The number of likely N-dealkylation sites (tertiary alicyclic amines) is 1. The van der Waals surface area contributed by atoms with Crippen LogP contribution in [-0.4, -0.2) is 72.8 Å². The van der Waals surface area contributed by atoms with E-state index < -0.39 is 13.2 Å². The van der Waals surface area contributed by atoms with Crippen LogP contribution in [0.3, 0.4) is 0 Å². The van der Waals surface area contributed by atoms with Gasteiger partial charge in [0.05, 0.1) is 30.7 Å². The molecule has 2 heterocycles. The number of amides is 2. The minimum Gasteiger partial charge on any atom is -0.442 e. The first kappa shape index (κ1) is 23.4. The van der Waals surface area contributed by atoms with E-state index in [0.717, 1.165) is 12.0 Å². The van der Waals surface area contributed by atoms with E-state index in [1.165, 1.54) is 12.5 Å². The molecule has 0 aromatic heterocycles. The Morgan fingerprint density at radius 2 is 2.00 bits per heavy atom. The summed E-state index contributed by atoms with van der Waals surface area (Å²) in [5.74, 6) is 0.645. The molecule has 2 aliphatic heterocycles. The monoisotopic (exact) mass is 466 g/mol. The number of hydrogen-bond acceptors (Lipinski definition) is 5. The van der Waals surface area contributed by atoms with Crippen molar-refractivity contribution >= 4 is 19.1 Å². The lowest BCUT2D eigenvalue weighted by atomic mass is 9.45. The number of carbonyl (C=O) groups is 2. The van der Waals surface area contributed by atoms with Crippen LogP contribution in [0.1, 0.15) is 39.2 Å². The molecule has 0 radical (unpaired) electrons. The van der Waals surface area contributed by atoms with Gasteiger partial charge >= 0.3 is 13.2 Å². The standard InChI is InChI=1S/C26H35BN2O5/c1-6-22(30)29-15-19(16-29)32-24(31)28(5)21(12-17-10-8-7-9-11-17)27-33-23-20-13-18(25(20,2)3)14-26(23,4)34-27/h6-11,18-21,23H,1,12-16H2,2-5H3/t18-,20+,21-,23-,26+/m0/s1. The lowest BCUT2D eigenvalue weighted by molar-refractivity contribution is -0.185. The Balaban J connectivity index is 1.31. The van der Waals surface area contributed by atoms with Crippen LogP contribution in [0.15, 0.2) is 43.0 Å². The van der Waals surface area contributed by atoms with Crippen LogP contribution in [0.4, 0.5) is 4.79 Å². The Morgan fingerprint density at radius 3 is 2.65 bits per heavy atom. The Labute approximate surface area is 202 Å². The maximum atomic E-state index is 13.1. The van der Waals surface area contributed by atoms with E-state index >= 15 is 0 Å². The van der Waals surface area contributed by atoms with Crippen LogP contribution in [0.5, 0.6) is 0 Å². The highest BCUT2D eigenvalue weighted by molar-refractivity contribution is 6.47. The van der Waals surface area contributed by atoms with Gasteiger partial charge in [0.15, 0.2) is 0 Å². The molecule has 1 aromatic rings. The molecular formula is C26H35BN2O5. The van der Waals surface area contributed by atoms with Gasteiger partial charge < -0.3 is 23.8 Å². The minimum atomic E-state index is -0.525. The van der Waals surface area contributed by atoms with E-state index in [2.05, 4.69) is 39.5 Å². The fourth-order valence-electron chi connectivity index (χ4n) is 6.36. The second kappa shape index (κ2) is 8.42. The van der Waals surface area contributed by atoms with E-state index in [-0.39, 0.29) is 35.1 Å². The van der Waals surface area contributed by atoms with Crippen LogP contribution in [0, 0.1) is 17.3 Å². The topological polar surface area (TPSA) is 68.3 Å². The quantitative estimate of drug-likeness (QED) is 0.475. The summed E-state index contributed by atoms with van der Waals surface area (Å²) in [5.41, 5.74) is 1.05. The van der Waals surface area contributed by atoms with Gasteiger partial charge in [-0.25, -0.2) is 4.79 Å². The molecule has 8 heteroatoms. The lowest BCUT2D eigenvalue weighted by Crippen LogP contribution is -2.63. The number of likely N-dealkylation sites (N-methyl/N-ethyl adjacent to an activating group) is 1. The van der Waals surface area contributed by atoms with Crippen LogP contribution < -0.4 is 0 Å². The molecule has 0 unspecified atom stereocenters. The highest BCUT2D eigenvalue weighted by Gasteiger charge is 2.67. The first-order valence-electron chi connectivity index (χ1n) is 12.3. The summed E-state index contributed by atoms with van der Waals surface area (Å²) in [6.45, 7) is 11.1. The van der Waals surface area contributed by atoms with Gasteiger partial charge in [0.1, 0.15) is 6.10 Å². The molecule has 2 bridgehead atoms. The van der Waals surface area contributed by atoms with Gasteiger partial charge in [-0.15, -0.1) is 0 Å². The summed E-state index contributed by atoms with van der Waals surface area (Å²) < 4.78 is 19.0. The first-order chi connectivity index (χ1) is 16.1. The smallest absolute Gasteiger partial charge is 0.442 e. The van der Waals surface area contributed by atoms with Crippen molar-refractivity contribution in [2.45, 2.75) is 63.8 Å². The number of hydrogen-bond donors (Lipinski definition) is 0. The average molecular weight is 466 g/mol. The van der Waals surface area contributed by atoms with Gasteiger partial charge in [0.25, 0.3) is 0 Å². The molecule has 1 aromatic carbocycles. The van der Waals surface area contributed by atoms with Gasteiger partial charge in [0, 0.05) is 7.05 Å². The normalized spacial score (nSPS) is 32.2. The summed E-state index contributed by atoms with van der Waals surface area (Å²) in [6, 6.07) is 10.1. The molecule has 182 valence electrons. The van der Waals surface area contributed by atoms with Crippen molar-refractivity contribution < 1.29 is 23.6 Å². The molecular weight excluding hydrogens is 431 g/mol. The van der Waals surface area contributed by atoms with Crippen LogP contribution in [-0.2, 0) is 25.3 Å². The summed E-state index contributed by atoms with van der Waals surface area (Å²) in [5, 5.41) is 0. The zero-order valence-electron chi connectivity index (χ0n) is 20.6.